The van der Waals surface area contributed by atoms with E-state index in [9.17, 15) is 14.4 Å². The SMILES string of the molecule is COCCCNc1nc(C(C)(C)C)ncc1C(=O)N(CC(C)C)[C@H]1C[C@@H](C(=O)N2CCCc3ccccc32)CN(C(=O)OC(C)(C)C)C1. The molecule has 2 aliphatic heterocycles. The standard InChI is InChI=1S/C37H56N6O5/c1-25(2)22-43(33(45)29-21-39-34(36(3,4)5)40-31(29)38-17-13-19-47-9)28-20-27(23-41(24-28)35(46)48-37(6,7)8)32(44)42-18-12-15-26-14-10-11-16-30(26)42/h10-11,14,16,21,25,27-28H,12-13,15,17-20,22-24H2,1-9H3,(H,38,39,40)/t27-,28+/m1/s1. The quantitative estimate of drug-likeness (QED) is 0.311. The Labute approximate surface area is 286 Å². The number of aromatic nitrogens is 2. The van der Waals surface area contributed by atoms with Crippen LogP contribution in [0.3, 0.4) is 0 Å². The molecule has 0 saturated carbocycles. The van der Waals surface area contributed by atoms with E-state index in [4.69, 9.17) is 14.5 Å². The van der Waals surface area contributed by atoms with E-state index in [-0.39, 0.29) is 36.2 Å². The zero-order chi connectivity index (χ0) is 35.2. The van der Waals surface area contributed by atoms with Crippen molar-refractivity contribution >= 4 is 29.4 Å². The second-order valence-corrected chi connectivity index (χ2v) is 15.5. The molecule has 2 atom stereocenters. The Morgan fingerprint density at radius 1 is 1.08 bits per heavy atom. The number of ether oxygens (including phenoxy) is 2. The van der Waals surface area contributed by atoms with Crippen LogP contribution < -0.4 is 10.2 Å². The van der Waals surface area contributed by atoms with Crippen LogP contribution in [0.5, 0.6) is 0 Å². The van der Waals surface area contributed by atoms with Crippen LogP contribution in [0.1, 0.15) is 96.4 Å². The number of rotatable bonds is 10. The van der Waals surface area contributed by atoms with Crippen LogP contribution in [0, 0.1) is 11.8 Å². The highest BCUT2D eigenvalue weighted by atomic mass is 16.6. The normalized spacial score (nSPS) is 18.4. The van der Waals surface area contributed by atoms with Gasteiger partial charge in [-0.25, -0.2) is 14.8 Å². The van der Waals surface area contributed by atoms with Crippen LogP contribution in [0.4, 0.5) is 16.3 Å². The average Bonchev–Trinajstić information content (AvgIpc) is 3.03. The summed E-state index contributed by atoms with van der Waals surface area (Å²) in [4.78, 5) is 57.3. The Kier molecular flexibility index (Phi) is 12.1. The number of carbonyl (C=O) groups is 3. The predicted molar refractivity (Wildman–Crippen MR) is 188 cm³/mol. The smallest absolute Gasteiger partial charge is 0.410 e. The van der Waals surface area contributed by atoms with Crippen molar-refractivity contribution in [3.05, 3.63) is 47.4 Å². The topological polar surface area (TPSA) is 117 Å². The Bertz CT molecular complexity index is 1430. The molecule has 0 spiro atoms. The number of fused-ring (bicyclic) bond motifs is 1. The van der Waals surface area contributed by atoms with Gasteiger partial charge in [0.15, 0.2) is 0 Å². The number of methoxy groups -OCH3 is 1. The van der Waals surface area contributed by atoms with Crippen molar-refractivity contribution in [1.82, 2.24) is 19.8 Å². The van der Waals surface area contributed by atoms with Gasteiger partial charge in [0.1, 0.15) is 22.8 Å². The summed E-state index contributed by atoms with van der Waals surface area (Å²) >= 11 is 0. The van der Waals surface area contributed by atoms with E-state index in [0.29, 0.717) is 49.9 Å². The lowest BCUT2D eigenvalue weighted by Gasteiger charge is -2.44. The van der Waals surface area contributed by atoms with Gasteiger partial charge >= 0.3 is 6.09 Å². The molecule has 1 saturated heterocycles. The molecule has 0 aliphatic carbocycles. The number of carbonyl (C=O) groups excluding carboxylic acids is 3. The number of likely N-dealkylation sites (tertiary alicyclic amines) is 1. The average molecular weight is 665 g/mol. The molecule has 1 fully saturated rings. The molecule has 4 rings (SSSR count). The van der Waals surface area contributed by atoms with Crippen molar-refractivity contribution in [2.24, 2.45) is 11.8 Å². The van der Waals surface area contributed by atoms with Crippen molar-refractivity contribution in [3.63, 3.8) is 0 Å². The summed E-state index contributed by atoms with van der Waals surface area (Å²) in [7, 11) is 1.66. The molecule has 11 heteroatoms. The molecular formula is C37H56N6O5. The molecule has 1 N–H and O–H groups in total. The number of benzene rings is 1. The minimum atomic E-state index is -0.710. The van der Waals surface area contributed by atoms with Gasteiger partial charge in [0.2, 0.25) is 5.91 Å². The minimum Gasteiger partial charge on any atom is -0.444 e. The fourth-order valence-electron chi connectivity index (χ4n) is 6.34. The molecule has 3 heterocycles. The van der Waals surface area contributed by atoms with Crippen molar-refractivity contribution in [2.45, 2.75) is 98.1 Å². The molecule has 0 radical (unpaired) electrons. The molecule has 1 aromatic carbocycles. The van der Waals surface area contributed by atoms with E-state index in [1.54, 1.807) is 18.2 Å². The third-order valence-corrected chi connectivity index (χ3v) is 8.58. The number of nitrogens with zero attached hydrogens (tertiary/aromatic N) is 5. The van der Waals surface area contributed by atoms with E-state index in [1.165, 1.54) is 0 Å². The van der Waals surface area contributed by atoms with Crippen molar-refractivity contribution in [1.29, 1.82) is 0 Å². The van der Waals surface area contributed by atoms with Gasteiger partial charge in [0.25, 0.3) is 5.91 Å². The van der Waals surface area contributed by atoms with Crippen molar-refractivity contribution < 1.29 is 23.9 Å². The number of anilines is 2. The summed E-state index contributed by atoms with van der Waals surface area (Å²) < 4.78 is 11.0. The number of para-hydroxylation sites is 1. The lowest BCUT2D eigenvalue weighted by atomic mass is 9.90. The number of aryl methyl sites for hydroxylation is 1. The highest BCUT2D eigenvalue weighted by Gasteiger charge is 2.42. The number of amides is 3. The Morgan fingerprint density at radius 3 is 2.48 bits per heavy atom. The molecular weight excluding hydrogens is 608 g/mol. The number of piperidine rings is 1. The zero-order valence-corrected chi connectivity index (χ0v) is 30.5. The van der Waals surface area contributed by atoms with E-state index in [2.05, 4.69) is 30.2 Å². The molecule has 2 aromatic rings. The van der Waals surface area contributed by atoms with E-state index in [1.807, 2.05) is 69.5 Å². The maximum absolute atomic E-state index is 14.6. The third kappa shape index (κ3) is 9.45. The van der Waals surface area contributed by atoms with Gasteiger partial charge in [-0.05, 0) is 64.0 Å². The van der Waals surface area contributed by atoms with E-state index < -0.39 is 23.7 Å². The lowest BCUT2D eigenvalue weighted by molar-refractivity contribution is -0.125. The van der Waals surface area contributed by atoms with E-state index >= 15 is 0 Å². The maximum Gasteiger partial charge on any atom is 0.410 e. The largest absolute Gasteiger partial charge is 0.444 e. The van der Waals surface area contributed by atoms with Gasteiger partial charge in [-0.1, -0.05) is 52.8 Å². The second kappa shape index (κ2) is 15.7. The fraction of sp³-hybridized carbons (Fsp3) is 0.649. The summed E-state index contributed by atoms with van der Waals surface area (Å²) in [5.74, 6) is 0.449. The second-order valence-electron chi connectivity index (χ2n) is 15.5. The predicted octanol–water partition coefficient (Wildman–Crippen LogP) is 5.93. The Balaban J connectivity index is 1.71. The minimum absolute atomic E-state index is 0.0317. The Morgan fingerprint density at radius 2 is 1.81 bits per heavy atom. The molecule has 0 bridgehead atoms. The van der Waals surface area contributed by atoms with Crippen LogP contribution >= 0.6 is 0 Å². The summed E-state index contributed by atoms with van der Waals surface area (Å²) in [5.41, 5.74) is 1.41. The summed E-state index contributed by atoms with van der Waals surface area (Å²) in [6.07, 6.45) is 4.09. The monoisotopic (exact) mass is 664 g/mol. The summed E-state index contributed by atoms with van der Waals surface area (Å²) in [6, 6.07) is 7.59. The van der Waals surface area contributed by atoms with E-state index in [0.717, 1.165) is 30.5 Å². The molecule has 2 aliphatic rings. The third-order valence-electron chi connectivity index (χ3n) is 8.58. The maximum atomic E-state index is 14.6. The highest BCUT2D eigenvalue weighted by molar-refractivity contribution is 5.99. The van der Waals surface area contributed by atoms with Crippen molar-refractivity contribution in [3.8, 4) is 0 Å². The van der Waals surface area contributed by atoms with Crippen LogP contribution in [0.15, 0.2) is 30.5 Å². The number of hydrogen-bond acceptors (Lipinski definition) is 8. The molecule has 11 nitrogen and oxygen atoms in total. The number of nitrogens with one attached hydrogen (secondary N) is 1. The van der Waals surface area contributed by atoms with Crippen LogP contribution in [-0.4, -0.2) is 95.8 Å². The fourth-order valence-corrected chi connectivity index (χ4v) is 6.34. The van der Waals surface area contributed by atoms with Gasteiger partial charge in [-0.15, -0.1) is 0 Å². The first kappa shape index (κ1) is 37.1. The molecule has 48 heavy (non-hydrogen) atoms. The molecule has 264 valence electrons. The highest BCUT2D eigenvalue weighted by Crippen LogP contribution is 2.33. The van der Waals surface area contributed by atoms with Gasteiger partial charge in [0, 0.05) is 63.7 Å². The van der Waals surface area contributed by atoms with Gasteiger partial charge < -0.3 is 29.5 Å². The van der Waals surface area contributed by atoms with Gasteiger partial charge in [0.05, 0.1) is 12.0 Å². The molecule has 0 unspecified atom stereocenters. The first-order valence-electron chi connectivity index (χ1n) is 17.4. The summed E-state index contributed by atoms with van der Waals surface area (Å²) in [6.45, 7) is 18.4. The lowest BCUT2D eigenvalue weighted by Crippen LogP contribution is -2.58. The van der Waals surface area contributed by atoms with Crippen LogP contribution in [0.2, 0.25) is 0 Å². The number of hydrogen-bond donors (Lipinski definition) is 1. The van der Waals surface area contributed by atoms with Crippen LogP contribution in [-0.2, 0) is 26.1 Å². The molecule has 3 amide bonds. The Hall–Kier alpha value is -3.73. The van der Waals surface area contributed by atoms with Crippen molar-refractivity contribution in [2.75, 3.05) is 56.7 Å². The van der Waals surface area contributed by atoms with Gasteiger partial charge in [-0.2, -0.15) is 0 Å². The molecule has 1 aromatic heterocycles. The first-order chi connectivity index (χ1) is 22.6. The first-order valence-corrected chi connectivity index (χ1v) is 17.4. The van der Waals surface area contributed by atoms with Crippen LogP contribution in [0.25, 0.3) is 0 Å². The van der Waals surface area contributed by atoms with Gasteiger partial charge in [-0.3, -0.25) is 9.59 Å². The summed E-state index contributed by atoms with van der Waals surface area (Å²) in [5, 5.41) is 3.36. The zero-order valence-electron chi connectivity index (χ0n) is 30.5.